The van der Waals surface area contributed by atoms with Crippen molar-refractivity contribution in [2.24, 2.45) is 0 Å². The Morgan fingerprint density at radius 2 is 1.54 bits per heavy atom. The van der Waals surface area contributed by atoms with Gasteiger partial charge in [-0.05, 0) is 32.4 Å². The van der Waals surface area contributed by atoms with Gasteiger partial charge < -0.3 is 14.2 Å². The highest BCUT2D eigenvalue weighted by atomic mass is 16.5. The van der Waals surface area contributed by atoms with Gasteiger partial charge in [0.1, 0.15) is 22.8 Å². The minimum absolute atomic E-state index is 0.170. The summed E-state index contributed by atoms with van der Waals surface area (Å²) < 4.78 is 16.8. The maximum absolute atomic E-state index is 12.8. The molecule has 1 heterocycles. The molecule has 0 saturated carbocycles. The molecule has 4 nitrogen and oxygen atoms in total. The van der Waals surface area contributed by atoms with Gasteiger partial charge in [0.2, 0.25) is 5.78 Å². The minimum atomic E-state index is -0.170. The highest BCUT2D eigenvalue weighted by Gasteiger charge is 2.35. The van der Waals surface area contributed by atoms with E-state index in [1.165, 1.54) is 0 Å². The second-order valence-electron chi connectivity index (χ2n) is 5.87. The van der Waals surface area contributed by atoms with Gasteiger partial charge in [0.15, 0.2) is 5.76 Å². The van der Waals surface area contributed by atoms with Crippen LogP contribution in [0.1, 0.15) is 32.6 Å². The van der Waals surface area contributed by atoms with Gasteiger partial charge in [0, 0.05) is 11.1 Å². The average Bonchev–Trinajstić information content (AvgIpc) is 2.88. The van der Waals surface area contributed by atoms with Crippen LogP contribution in [-0.2, 0) is 0 Å². The zero-order chi connectivity index (χ0) is 17.4. The molecule has 4 heteroatoms. The van der Waals surface area contributed by atoms with Crippen LogP contribution >= 0.6 is 0 Å². The standard InChI is InChI=1S/C20H20O4/c1-11-6-8-14(9-7-11)10-15-17(21)16-19(23-5)12(2)18(22-4)13(3)20(16)24-15/h6-10H,1-5H3. The molecule has 0 aromatic heterocycles. The molecule has 0 bridgehead atoms. The van der Waals surface area contributed by atoms with E-state index in [0.717, 1.165) is 22.3 Å². The molecule has 3 rings (SSSR count). The zero-order valence-electron chi connectivity index (χ0n) is 14.5. The minimum Gasteiger partial charge on any atom is -0.496 e. The van der Waals surface area contributed by atoms with Gasteiger partial charge in [-0.15, -0.1) is 0 Å². The van der Waals surface area contributed by atoms with Crippen molar-refractivity contribution >= 4 is 11.9 Å². The van der Waals surface area contributed by atoms with Crippen LogP contribution < -0.4 is 14.2 Å². The van der Waals surface area contributed by atoms with Crippen LogP contribution in [0.3, 0.4) is 0 Å². The zero-order valence-corrected chi connectivity index (χ0v) is 14.5. The first-order valence-electron chi connectivity index (χ1n) is 7.74. The van der Waals surface area contributed by atoms with E-state index in [4.69, 9.17) is 14.2 Å². The number of hydrogen-bond acceptors (Lipinski definition) is 4. The molecule has 2 aromatic carbocycles. The number of carbonyl (C=O) groups excluding carboxylic acids is 1. The van der Waals surface area contributed by atoms with Gasteiger partial charge in [-0.25, -0.2) is 0 Å². The molecule has 1 aliphatic heterocycles. The molecule has 1 aliphatic rings. The van der Waals surface area contributed by atoms with Crippen LogP contribution in [0.5, 0.6) is 17.2 Å². The van der Waals surface area contributed by atoms with E-state index in [-0.39, 0.29) is 5.78 Å². The van der Waals surface area contributed by atoms with Crippen LogP contribution in [0.25, 0.3) is 6.08 Å². The SMILES string of the molecule is COc1c(C)c(OC)c2c(c1C)OC(=Cc1ccc(C)cc1)C2=O. The van der Waals surface area contributed by atoms with Crippen molar-refractivity contribution in [1.82, 2.24) is 0 Å². The summed E-state index contributed by atoms with van der Waals surface area (Å²) in [7, 11) is 3.15. The first-order chi connectivity index (χ1) is 11.5. The van der Waals surface area contributed by atoms with Gasteiger partial charge in [-0.2, -0.15) is 0 Å². The molecule has 0 amide bonds. The molecule has 24 heavy (non-hydrogen) atoms. The normalized spacial score (nSPS) is 14.5. The molecule has 0 atom stereocenters. The maximum Gasteiger partial charge on any atom is 0.235 e. The number of aryl methyl sites for hydroxylation is 1. The number of Topliss-reactive ketones (excluding diaryl/α,β-unsaturated/α-hetero) is 1. The molecule has 0 saturated heterocycles. The molecule has 0 spiro atoms. The summed E-state index contributed by atoms with van der Waals surface area (Å²) in [5.74, 6) is 1.82. The molecular formula is C20H20O4. The largest absolute Gasteiger partial charge is 0.496 e. The number of hydrogen-bond donors (Lipinski definition) is 0. The number of ketones is 1. The first-order valence-corrected chi connectivity index (χ1v) is 7.74. The van der Waals surface area contributed by atoms with Crippen LogP contribution in [0, 0.1) is 20.8 Å². The number of methoxy groups -OCH3 is 2. The van der Waals surface area contributed by atoms with Crippen molar-refractivity contribution in [1.29, 1.82) is 0 Å². The fourth-order valence-corrected chi connectivity index (χ4v) is 3.05. The highest BCUT2D eigenvalue weighted by Crippen LogP contribution is 2.47. The Labute approximate surface area is 141 Å². The first kappa shape index (κ1) is 16.1. The Hall–Kier alpha value is -2.75. The van der Waals surface area contributed by atoms with E-state index in [1.54, 1.807) is 20.3 Å². The smallest absolute Gasteiger partial charge is 0.235 e. The van der Waals surface area contributed by atoms with E-state index in [9.17, 15) is 4.79 Å². The summed E-state index contributed by atoms with van der Waals surface area (Å²) in [6.07, 6.45) is 1.75. The van der Waals surface area contributed by atoms with E-state index in [2.05, 4.69) is 0 Å². The molecule has 0 radical (unpaired) electrons. The van der Waals surface area contributed by atoms with Crippen LogP contribution in [0.4, 0.5) is 0 Å². The molecule has 0 unspecified atom stereocenters. The van der Waals surface area contributed by atoms with E-state index < -0.39 is 0 Å². The lowest BCUT2D eigenvalue weighted by Gasteiger charge is -2.15. The lowest BCUT2D eigenvalue weighted by Crippen LogP contribution is -2.02. The van der Waals surface area contributed by atoms with Gasteiger partial charge >= 0.3 is 0 Å². The van der Waals surface area contributed by atoms with Crippen molar-refractivity contribution in [3.05, 3.63) is 57.8 Å². The summed E-state index contributed by atoms with van der Waals surface area (Å²) in [4.78, 5) is 12.8. The summed E-state index contributed by atoms with van der Waals surface area (Å²) in [5, 5.41) is 0. The van der Waals surface area contributed by atoms with Gasteiger partial charge in [0.25, 0.3) is 0 Å². The molecule has 124 valence electrons. The third kappa shape index (κ3) is 2.44. The summed E-state index contributed by atoms with van der Waals surface area (Å²) in [6.45, 7) is 5.78. The van der Waals surface area contributed by atoms with Crippen molar-refractivity contribution in [2.45, 2.75) is 20.8 Å². The number of fused-ring (bicyclic) bond motifs is 1. The van der Waals surface area contributed by atoms with Crippen LogP contribution in [0.2, 0.25) is 0 Å². The highest BCUT2D eigenvalue weighted by molar-refractivity contribution is 6.17. The third-order valence-electron chi connectivity index (χ3n) is 4.26. The lowest BCUT2D eigenvalue weighted by molar-refractivity contribution is 0.101. The van der Waals surface area contributed by atoms with Gasteiger partial charge in [-0.3, -0.25) is 4.79 Å². The lowest BCUT2D eigenvalue weighted by atomic mass is 10.00. The number of rotatable bonds is 3. The number of allylic oxidation sites excluding steroid dienone is 1. The molecule has 0 aliphatic carbocycles. The van der Waals surface area contributed by atoms with E-state index in [0.29, 0.717) is 28.6 Å². The van der Waals surface area contributed by atoms with Crippen molar-refractivity contribution < 1.29 is 19.0 Å². The summed E-state index contributed by atoms with van der Waals surface area (Å²) in [6, 6.07) is 7.91. The Bertz CT molecular complexity index is 845. The predicted molar refractivity (Wildman–Crippen MR) is 93.1 cm³/mol. The number of benzene rings is 2. The van der Waals surface area contributed by atoms with Crippen molar-refractivity contribution in [2.75, 3.05) is 14.2 Å². The topological polar surface area (TPSA) is 44.8 Å². The Balaban J connectivity index is 2.13. The monoisotopic (exact) mass is 324 g/mol. The van der Waals surface area contributed by atoms with E-state index in [1.807, 2.05) is 45.0 Å². The van der Waals surface area contributed by atoms with Crippen LogP contribution in [0.15, 0.2) is 30.0 Å². The number of ether oxygens (including phenoxy) is 3. The third-order valence-corrected chi connectivity index (χ3v) is 4.26. The quantitative estimate of drug-likeness (QED) is 0.792. The Morgan fingerprint density at radius 1 is 0.917 bits per heavy atom. The van der Waals surface area contributed by atoms with Crippen molar-refractivity contribution in [3.63, 3.8) is 0 Å². The summed E-state index contributed by atoms with van der Waals surface area (Å²) >= 11 is 0. The molecule has 0 N–H and O–H groups in total. The fraction of sp³-hybridized carbons (Fsp3) is 0.250. The Kier molecular flexibility index (Phi) is 4.06. The van der Waals surface area contributed by atoms with Gasteiger partial charge in [-0.1, -0.05) is 29.8 Å². The van der Waals surface area contributed by atoms with Crippen molar-refractivity contribution in [3.8, 4) is 17.2 Å². The maximum atomic E-state index is 12.8. The second kappa shape index (κ2) is 6.04. The fourth-order valence-electron chi connectivity index (χ4n) is 3.05. The molecular weight excluding hydrogens is 304 g/mol. The summed E-state index contributed by atoms with van der Waals surface area (Å²) in [5.41, 5.74) is 4.14. The number of carbonyl (C=O) groups is 1. The second-order valence-corrected chi connectivity index (χ2v) is 5.87. The predicted octanol–water partition coefficient (Wildman–Crippen LogP) is 4.25. The average molecular weight is 324 g/mol. The molecule has 0 fully saturated rings. The molecule has 2 aromatic rings. The van der Waals surface area contributed by atoms with E-state index >= 15 is 0 Å². The van der Waals surface area contributed by atoms with Crippen LogP contribution in [-0.4, -0.2) is 20.0 Å². The Morgan fingerprint density at radius 3 is 2.12 bits per heavy atom. The van der Waals surface area contributed by atoms with Gasteiger partial charge in [0.05, 0.1) is 14.2 Å².